The molecule has 1 aliphatic rings. The Morgan fingerprint density at radius 1 is 1.32 bits per heavy atom. The highest BCUT2D eigenvalue weighted by molar-refractivity contribution is 7.89. The highest BCUT2D eigenvalue weighted by Gasteiger charge is 2.30. The van der Waals surface area contributed by atoms with Gasteiger partial charge in [0.1, 0.15) is 5.75 Å². The van der Waals surface area contributed by atoms with Crippen LogP contribution in [-0.2, 0) is 10.0 Å². The van der Waals surface area contributed by atoms with E-state index < -0.39 is 10.0 Å². The summed E-state index contributed by atoms with van der Waals surface area (Å²) in [6.45, 7) is 0. The van der Waals surface area contributed by atoms with E-state index >= 15 is 0 Å². The van der Waals surface area contributed by atoms with Gasteiger partial charge < -0.3 is 4.74 Å². The molecule has 0 saturated heterocycles. The van der Waals surface area contributed by atoms with Gasteiger partial charge in [0.15, 0.2) is 0 Å². The predicted octanol–water partition coefficient (Wildman–Crippen LogP) is 2.91. The molecule has 0 heterocycles. The summed E-state index contributed by atoms with van der Waals surface area (Å²) in [5.41, 5.74) is 0. The van der Waals surface area contributed by atoms with Crippen molar-refractivity contribution < 1.29 is 13.2 Å². The molecule has 19 heavy (non-hydrogen) atoms. The molecule has 0 atom stereocenters. The monoisotopic (exact) mass is 303 g/mol. The molecule has 6 heteroatoms. The lowest BCUT2D eigenvalue weighted by Gasteiger charge is -2.23. The van der Waals surface area contributed by atoms with Crippen molar-refractivity contribution in [2.75, 3.05) is 14.2 Å². The molecule has 1 saturated carbocycles. The van der Waals surface area contributed by atoms with Crippen molar-refractivity contribution in [1.29, 1.82) is 0 Å². The lowest BCUT2D eigenvalue weighted by atomic mass is 10.3. The Kier molecular flexibility index (Phi) is 4.38. The molecule has 1 aromatic rings. The Labute approximate surface area is 119 Å². The Morgan fingerprint density at radius 2 is 1.95 bits per heavy atom. The summed E-state index contributed by atoms with van der Waals surface area (Å²) in [6.07, 6.45) is 4.04. The fourth-order valence-corrected chi connectivity index (χ4v) is 4.20. The van der Waals surface area contributed by atoms with Crippen LogP contribution in [0.25, 0.3) is 0 Å². The van der Waals surface area contributed by atoms with Gasteiger partial charge in [-0.05, 0) is 31.0 Å². The molecule has 2 rings (SSSR count). The maximum atomic E-state index is 12.5. The Balaban J connectivity index is 2.30. The molecule has 106 valence electrons. The van der Waals surface area contributed by atoms with Gasteiger partial charge in [0.25, 0.3) is 0 Å². The molecule has 0 bridgehead atoms. The average Bonchev–Trinajstić information content (AvgIpc) is 2.91. The van der Waals surface area contributed by atoms with Gasteiger partial charge in [-0.1, -0.05) is 24.4 Å². The largest absolute Gasteiger partial charge is 0.495 e. The quantitative estimate of drug-likeness (QED) is 0.859. The fraction of sp³-hybridized carbons (Fsp3) is 0.538. The number of methoxy groups -OCH3 is 1. The maximum Gasteiger partial charge on any atom is 0.243 e. The third-order valence-electron chi connectivity index (χ3n) is 3.64. The van der Waals surface area contributed by atoms with Crippen LogP contribution in [-0.4, -0.2) is 32.9 Å². The normalized spacial score (nSPS) is 17.1. The molecule has 1 fully saturated rings. The summed E-state index contributed by atoms with van der Waals surface area (Å²) >= 11 is 5.99. The lowest BCUT2D eigenvalue weighted by molar-refractivity contribution is 0.373. The standard InChI is InChI=1S/C13H18ClNO3S/c1-15(10-5-3-4-6-10)19(16,17)11-7-8-13(18-2)12(14)9-11/h7-10H,3-6H2,1-2H3. The van der Waals surface area contributed by atoms with E-state index in [2.05, 4.69) is 0 Å². The second-order valence-electron chi connectivity index (χ2n) is 4.76. The molecule has 0 spiro atoms. The summed E-state index contributed by atoms with van der Waals surface area (Å²) in [7, 11) is -0.334. The zero-order valence-corrected chi connectivity index (χ0v) is 12.7. The molecule has 0 amide bonds. The molecule has 0 aromatic heterocycles. The van der Waals surface area contributed by atoms with Crippen molar-refractivity contribution in [1.82, 2.24) is 4.31 Å². The number of hydrogen-bond acceptors (Lipinski definition) is 3. The number of nitrogens with zero attached hydrogens (tertiary/aromatic N) is 1. The van der Waals surface area contributed by atoms with Gasteiger partial charge in [0, 0.05) is 13.1 Å². The highest BCUT2D eigenvalue weighted by Crippen LogP contribution is 2.31. The second kappa shape index (κ2) is 5.69. The first-order valence-electron chi connectivity index (χ1n) is 6.28. The first-order valence-corrected chi connectivity index (χ1v) is 8.10. The van der Waals surface area contributed by atoms with Gasteiger partial charge in [0.05, 0.1) is 17.0 Å². The Morgan fingerprint density at radius 3 is 2.47 bits per heavy atom. The minimum Gasteiger partial charge on any atom is -0.495 e. The van der Waals surface area contributed by atoms with Crippen molar-refractivity contribution in [2.24, 2.45) is 0 Å². The molecule has 0 radical (unpaired) electrons. The Bertz CT molecular complexity index is 553. The third-order valence-corrected chi connectivity index (χ3v) is 5.84. The van der Waals surface area contributed by atoms with E-state index in [0.29, 0.717) is 10.8 Å². The highest BCUT2D eigenvalue weighted by atomic mass is 35.5. The minimum atomic E-state index is -3.48. The smallest absolute Gasteiger partial charge is 0.243 e. The topological polar surface area (TPSA) is 46.6 Å². The zero-order chi connectivity index (χ0) is 14.0. The number of halogens is 1. The molecular formula is C13H18ClNO3S. The van der Waals surface area contributed by atoms with Crippen molar-refractivity contribution in [2.45, 2.75) is 36.6 Å². The summed E-state index contributed by atoms with van der Waals surface area (Å²) in [4.78, 5) is 0.215. The van der Waals surface area contributed by atoms with Gasteiger partial charge in [-0.25, -0.2) is 8.42 Å². The van der Waals surface area contributed by atoms with E-state index in [9.17, 15) is 8.42 Å². The van der Waals surface area contributed by atoms with Crippen LogP contribution in [0.1, 0.15) is 25.7 Å². The Hall–Kier alpha value is -0.780. The molecule has 1 aromatic carbocycles. The van der Waals surface area contributed by atoms with E-state index in [-0.39, 0.29) is 10.9 Å². The van der Waals surface area contributed by atoms with Crippen LogP contribution in [0.4, 0.5) is 0 Å². The maximum absolute atomic E-state index is 12.5. The van der Waals surface area contributed by atoms with E-state index in [1.807, 2.05) is 0 Å². The van der Waals surface area contributed by atoms with Crippen LogP contribution in [0.2, 0.25) is 5.02 Å². The van der Waals surface area contributed by atoms with E-state index in [0.717, 1.165) is 25.7 Å². The predicted molar refractivity (Wildman–Crippen MR) is 75.2 cm³/mol. The van der Waals surface area contributed by atoms with E-state index in [4.69, 9.17) is 16.3 Å². The first kappa shape index (κ1) is 14.6. The van der Waals surface area contributed by atoms with Crippen molar-refractivity contribution in [3.05, 3.63) is 23.2 Å². The van der Waals surface area contributed by atoms with E-state index in [1.54, 1.807) is 13.1 Å². The molecular weight excluding hydrogens is 286 g/mol. The van der Waals surface area contributed by atoms with Crippen molar-refractivity contribution >= 4 is 21.6 Å². The summed E-state index contributed by atoms with van der Waals surface area (Å²) in [6, 6.07) is 4.66. The summed E-state index contributed by atoms with van der Waals surface area (Å²) in [5.74, 6) is 0.476. The second-order valence-corrected chi connectivity index (χ2v) is 7.16. The van der Waals surface area contributed by atoms with Gasteiger partial charge in [-0.15, -0.1) is 0 Å². The van der Waals surface area contributed by atoms with Crippen LogP contribution in [0, 0.1) is 0 Å². The zero-order valence-electron chi connectivity index (χ0n) is 11.1. The molecule has 0 aliphatic heterocycles. The fourth-order valence-electron chi connectivity index (χ4n) is 2.44. The van der Waals surface area contributed by atoms with Crippen LogP contribution in [0.5, 0.6) is 5.75 Å². The van der Waals surface area contributed by atoms with Gasteiger partial charge in [-0.3, -0.25) is 0 Å². The van der Waals surface area contributed by atoms with Crippen LogP contribution < -0.4 is 4.74 Å². The summed E-state index contributed by atoms with van der Waals surface area (Å²) in [5, 5.41) is 0.309. The number of hydrogen-bond donors (Lipinski definition) is 0. The average molecular weight is 304 g/mol. The van der Waals surface area contributed by atoms with Crippen LogP contribution in [0.15, 0.2) is 23.1 Å². The number of rotatable bonds is 4. The van der Waals surface area contributed by atoms with Crippen molar-refractivity contribution in [3.63, 3.8) is 0 Å². The molecule has 1 aliphatic carbocycles. The third kappa shape index (κ3) is 2.88. The van der Waals surface area contributed by atoms with Crippen LogP contribution in [0.3, 0.4) is 0 Å². The van der Waals surface area contributed by atoms with Gasteiger partial charge >= 0.3 is 0 Å². The van der Waals surface area contributed by atoms with Gasteiger partial charge in [0.2, 0.25) is 10.0 Å². The lowest BCUT2D eigenvalue weighted by Crippen LogP contribution is -2.35. The molecule has 0 N–H and O–H groups in total. The molecule has 0 unspecified atom stereocenters. The number of sulfonamides is 1. The number of ether oxygens (including phenoxy) is 1. The molecule has 4 nitrogen and oxygen atoms in total. The van der Waals surface area contributed by atoms with Crippen LogP contribution >= 0.6 is 11.6 Å². The van der Waals surface area contributed by atoms with Crippen molar-refractivity contribution in [3.8, 4) is 5.75 Å². The minimum absolute atomic E-state index is 0.103. The SMILES string of the molecule is COc1ccc(S(=O)(=O)N(C)C2CCCC2)cc1Cl. The first-order chi connectivity index (χ1) is 8.96. The van der Waals surface area contributed by atoms with E-state index in [1.165, 1.54) is 23.5 Å². The number of benzene rings is 1. The summed E-state index contributed by atoms with van der Waals surface area (Å²) < 4.78 is 31.5. The van der Waals surface area contributed by atoms with Gasteiger partial charge in [-0.2, -0.15) is 4.31 Å².